The normalized spacial score (nSPS) is 9.56. The van der Waals surface area contributed by atoms with Gasteiger partial charge in [-0.3, -0.25) is 0 Å². The SMILES string of the molecule is COC(=O)c1ccc(Nc2ncsc2C#N)cc1. The molecule has 0 aliphatic carbocycles. The molecule has 0 unspecified atom stereocenters. The Labute approximate surface area is 108 Å². The summed E-state index contributed by atoms with van der Waals surface area (Å²) in [4.78, 5) is 15.8. The van der Waals surface area contributed by atoms with E-state index in [1.54, 1.807) is 29.8 Å². The smallest absolute Gasteiger partial charge is 0.337 e. The number of aromatic nitrogens is 1. The zero-order valence-electron chi connectivity index (χ0n) is 9.51. The van der Waals surface area contributed by atoms with Gasteiger partial charge in [-0.1, -0.05) is 0 Å². The van der Waals surface area contributed by atoms with Crippen LogP contribution in [0.3, 0.4) is 0 Å². The number of anilines is 2. The van der Waals surface area contributed by atoms with Crippen LogP contribution in [0, 0.1) is 11.3 Å². The van der Waals surface area contributed by atoms with Gasteiger partial charge in [-0.2, -0.15) is 5.26 Å². The fraction of sp³-hybridized carbons (Fsp3) is 0.0833. The Morgan fingerprint density at radius 2 is 2.17 bits per heavy atom. The predicted molar refractivity (Wildman–Crippen MR) is 67.9 cm³/mol. The maximum atomic E-state index is 11.2. The van der Waals surface area contributed by atoms with Gasteiger partial charge in [0.2, 0.25) is 0 Å². The van der Waals surface area contributed by atoms with Crippen molar-refractivity contribution in [2.45, 2.75) is 0 Å². The van der Waals surface area contributed by atoms with Crippen molar-refractivity contribution < 1.29 is 9.53 Å². The van der Waals surface area contributed by atoms with Gasteiger partial charge in [0, 0.05) is 5.69 Å². The molecule has 1 aromatic heterocycles. The van der Waals surface area contributed by atoms with Crippen LogP contribution < -0.4 is 5.32 Å². The second kappa shape index (κ2) is 5.29. The minimum Gasteiger partial charge on any atom is -0.465 e. The lowest BCUT2D eigenvalue weighted by atomic mass is 10.2. The number of carbonyl (C=O) groups excluding carboxylic acids is 1. The Bertz CT molecular complexity index is 599. The summed E-state index contributed by atoms with van der Waals surface area (Å²) in [5.74, 6) is 0.140. The number of hydrogen-bond acceptors (Lipinski definition) is 6. The van der Waals surface area contributed by atoms with Crippen LogP contribution in [-0.4, -0.2) is 18.1 Å². The van der Waals surface area contributed by atoms with E-state index >= 15 is 0 Å². The Hall–Kier alpha value is -2.39. The second-order valence-electron chi connectivity index (χ2n) is 3.34. The van der Waals surface area contributed by atoms with E-state index in [0.29, 0.717) is 16.3 Å². The number of nitriles is 1. The highest BCUT2D eigenvalue weighted by Gasteiger charge is 2.07. The Morgan fingerprint density at radius 3 is 2.78 bits per heavy atom. The number of thiazole rings is 1. The second-order valence-corrected chi connectivity index (χ2v) is 4.19. The maximum Gasteiger partial charge on any atom is 0.337 e. The van der Waals surface area contributed by atoms with E-state index in [2.05, 4.69) is 21.1 Å². The van der Waals surface area contributed by atoms with E-state index in [-0.39, 0.29) is 5.97 Å². The molecule has 2 rings (SSSR count). The summed E-state index contributed by atoms with van der Waals surface area (Å²) < 4.78 is 4.61. The van der Waals surface area contributed by atoms with Crippen molar-refractivity contribution in [1.29, 1.82) is 5.26 Å². The van der Waals surface area contributed by atoms with E-state index in [9.17, 15) is 4.79 Å². The van der Waals surface area contributed by atoms with Crippen LogP contribution in [0.25, 0.3) is 0 Å². The van der Waals surface area contributed by atoms with Crippen LogP contribution in [-0.2, 0) is 4.74 Å². The topological polar surface area (TPSA) is 75.0 Å². The van der Waals surface area contributed by atoms with E-state index < -0.39 is 0 Å². The van der Waals surface area contributed by atoms with Gasteiger partial charge in [-0.05, 0) is 24.3 Å². The number of ether oxygens (including phenoxy) is 1. The molecule has 2 aromatic rings. The summed E-state index contributed by atoms with van der Waals surface area (Å²) >= 11 is 1.27. The van der Waals surface area contributed by atoms with Crippen LogP contribution in [0.2, 0.25) is 0 Å². The Morgan fingerprint density at radius 1 is 1.44 bits per heavy atom. The van der Waals surface area contributed by atoms with Gasteiger partial charge in [0.25, 0.3) is 0 Å². The zero-order chi connectivity index (χ0) is 13.0. The molecule has 6 heteroatoms. The van der Waals surface area contributed by atoms with Crippen molar-refractivity contribution in [3.05, 3.63) is 40.2 Å². The first-order chi connectivity index (χ1) is 8.74. The average molecular weight is 259 g/mol. The van der Waals surface area contributed by atoms with Crippen molar-refractivity contribution in [3.8, 4) is 6.07 Å². The fourth-order valence-electron chi connectivity index (χ4n) is 1.36. The van der Waals surface area contributed by atoms with Gasteiger partial charge in [0.1, 0.15) is 10.9 Å². The Balaban J connectivity index is 2.16. The van der Waals surface area contributed by atoms with Gasteiger partial charge in [-0.25, -0.2) is 9.78 Å². The lowest BCUT2D eigenvalue weighted by Crippen LogP contribution is -2.01. The first kappa shape index (κ1) is 12.1. The minimum atomic E-state index is -0.382. The first-order valence-corrected chi connectivity index (χ1v) is 5.91. The molecule has 0 atom stereocenters. The quantitative estimate of drug-likeness (QED) is 0.857. The first-order valence-electron chi connectivity index (χ1n) is 5.03. The number of hydrogen-bond donors (Lipinski definition) is 1. The van der Waals surface area contributed by atoms with E-state index in [0.717, 1.165) is 5.69 Å². The molecular formula is C12H9N3O2S. The van der Waals surface area contributed by atoms with Crippen molar-refractivity contribution in [1.82, 2.24) is 4.98 Å². The van der Waals surface area contributed by atoms with Crippen molar-refractivity contribution >= 4 is 28.8 Å². The molecule has 0 aliphatic rings. The number of nitrogens with one attached hydrogen (secondary N) is 1. The molecule has 18 heavy (non-hydrogen) atoms. The van der Waals surface area contributed by atoms with E-state index in [1.807, 2.05) is 0 Å². The number of benzene rings is 1. The van der Waals surface area contributed by atoms with Gasteiger partial charge < -0.3 is 10.1 Å². The molecule has 5 nitrogen and oxygen atoms in total. The summed E-state index contributed by atoms with van der Waals surface area (Å²) in [5.41, 5.74) is 2.83. The molecule has 1 N–H and O–H groups in total. The molecule has 1 aromatic carbocycles. The summed E-state index contributed by atoms with van der Waals surface area (Å²) in [6.07, 6.45) is 0. The largest absolute Gasteiger partial charge is 0.465 e. The molecule has 0 radical (unpaired) electrons. The monoisotopic (exact) mass is 259 g/mol. The van der Waals surface area contributed by atoms with Crippen LogP contribution in [0.15, 0.2) is 29.8 Å². The highest BCUT2D eigenvalue weighted by atomic mass is 32.1. The summed E-state index contributed by atoms with van der Waals surface area (Å²) in [7, 11) is 1.34. The lowest BCUT2D eigenvalue weighted by Gasteiger charge is -2.04. The van der Waals surface area contributed by atoms with Crippen LogP contribution in [0.4, 0.5) is 11.5 Å². The van der Waals surface area contributed by atoms with Crippen molar-refractivity contribution in [3.63, 3.8) is 0 Å². The van der Waals surface area contributed by atoms with Gasteiger partial charge in [0.05, 0.1) is 18.2 Å². The van der Waals surface area contributed by atoms with Crippen LogP contribution in [0.1, 0.15) is 15.2 Å². The molecule has 90 valence electrons. The summed E-state index contributed by atoms with van der Waals surface area (Å²) in [6.45, 7) is 0. The van der Waals surface area contributed by atoms with E-state index in [4.69, 9.17) is 5.26 Å². The lowest BCUT2D eigenvalue weighted by molar-refractivity contribution is 0.0601. The standard InChI is InChI=1S/C12H9N3O2S/c1-17-12(16)8-2-4-9(5-3-8)15-11-10(6-13)18-7-14-11/h2-5,7,15H,1H3. The predicted octanol–water partition coefficient (Wildman–Crippen LogP) is 2.54. The minimum absolute atomic E-state index is 0.382. The molecule has 0 spiro atoms. The molecule has 0 saturated heterocycles. The molecule has 0 saturated carbocycles. The third-order valence-electron chi connectivity index (χ3n) is 2.24. The van der Waals surface area contributed by atoms with Crippen molar-refractivity contribution in [2.24, 2.45) is 0 Å². The molecule has 0 amide bonds. The summed E-state index contributed by atoms with van der Waals surface area (Å²) in [5, 5.41) is 11.9. The highest BCUT2D eigenvalue weighted by Crippen LogP contribution is 2.22. The van der Waals surface area contributed by atoms with Gasteiger partial charge in [0.15, 0.2) is 5.82 Å². The van der Waals surface area contributed by atoms with Crippen molar-refractivity contribution in [2.75, 3.05) is 12.4 Å². The Kier molecular flexibility index (Phi) is 3.55. The molecule has 0 fully saturated rings. The van der Waals surface area contributed by atoms with Gasteiger partial charge in [-0.15, -0.1) is 11.3 Å². The summed E-state index contributed by atoms with van der Waals surface area (Å²) in [6, 6.07) is 8.80. The number of carbonyl (C=O) groups is 1. The molecular weight excluding hydrogens is 250 g/mol. The highest BCUT2D eigenvalue weighted by molar-refractivity contribution is 7.10. The molecule has 0 bridgehead atoms. The van der Waals surface area contributed by atoms with Crippen LogP contribution >= 0.6 is 11.3 Å². The maximum absolute atomic E-state index is 11.2. The fourth-order valence-corrected chi connectivity index (χ4v) is 1.89. The third kappa shape index (κ3) is 2.47. The van der Waals surface area contributed by atoms with Gasteiger partial charge >= 0.3 is 5.97 Å². The number of rotatable bonds is 3. The number of methoxy groups -OCH3 is 1. The third-order valence-corrected chi connectivity index (χ3v) is 2.97. The molecule has 0 aliphatic heterocycles. The number of esters is 1. The zero-order valence-corrected chi connectivity index (χ0v) is 10.3. The number of nitrogens with zero attached hydrogens (tertiary/aromatic N) is 2. The average Bonchev–Trinajstić information content (AvgIpc) is 2.86. The molecule has 1 heterocycles. The van der Waals surface area contributed by atoms with E-state index in [1.165, 1.54) is 18.4 Å². The van der Waals surface area contributed by atoms with Crippen LogP contribution in [0.5, 0.6) is 0 Å².